The number of aromatic nitrogens is 1. The quantitative estimate of drug-likeness (QED) is 0.602. The van der Waals surface area contributed by atoms with Crippen LogP contribution in [0.25, 0.3) is 5.52 Å². The van der Waals surface area contributed by atoms with Gasteiger partial charge in [-0.2, -0.15) is 0 Å². The first-order valence-electron chi connectivity index (χ1n) is 4.35. The van der Waals surface area contributed by atoms with E-state index >= 15 is 0 Å². The Kier molecular flexibility index (Phi) is 1.65. The maximum atomic E-state index is 2.24. The van der Waals surface area contributed by atoms with Crippen LogP contribution in [0.15, 0.2) is 36.5 Å². The molecule has 2 aromatic heterocycles. The second-order valence-electron chi connectivity index (χ2n) is 3.41. The molecule has 0 aliphatic heterocycles. The number of fused-ring (bicyclic) bond motifs is 1. The molecule has 0 aromatic carbocycles. The van der Waals surface area contributed by atoms with Crippen LogP contribution >= 0.6 is 0 Å². The van der Waals surface area contributed by atoms with Gasteiger partial charge in [-0.05, 0) is 30.2 Å². The van der Waals surface area contributed by atoms with Crippen molar-refractivity contribution < 1.29 is 0 Å². The predicted molar refractivity (Wildman–Crippen MR) is 51.5 cm³/mol. The van der Waals surface area contributed by atoms with Crippen molar-refractivity contribution in [3.05, 3.63) is 42.2 Å². The molecule has 0 aliphatic carbocycles. The topological polar surface area (TPSA) is 4.41 Å². The standard InChI is InChI=1S/C11H13N/c1-9(2)11-7-3-5-10-6-4-8-12(10)11/h3-9H,1-2H3. The molecule has 1 heteroatoms. The summed E-state index contributed by atoms with van der Waals surface area (Å²) in [4.78, 5) is 0. The smallest absolute Gasteiger partial charge is 0.0452 e. The normalized spacial score (nSPS) is 11.2. The molecule has 0 N–H and O–H groups in total. The van der Waals surface area contributed by atoms with E-state index in [2.05, 4.69) is 54.8 Å². The van der Waals surface area contributed by atoms with Crippen molar-refractivity contribution in [3.63, 3.8) is 0 Å². The molecule has 62 valence electrons. The summed E-state index contributed by atoms with van der Waals surface area (Å²) < 4.78 is 2.24. The van der Waals surface area contributed by atoms with Gasteiger partial charge in [-0.3, -0.25) is 0 Å². The number of hydrogen-bond donors (Lipinski definition) is 0. The Labute approximate surface area is 72.6 Å². The largest absolute Gasteiger partial charge is 0.321 e. The molecular weight excluding hydrogens is 146 g/mol. The fourth-order valence-corrected chi connectivity index (χ4v) is 1.56. The number of rotatable bonds is 1. The van der Waals surface area contributed by atoms with Gasteiger partial charge in [0.15, 0.2) is 0 Å². The molecule has 2 rings (SSSR count). The number of nitrogens with zero attached hydrogens (tertiary/aromatic N) is 1. The van der Waals surface area contributed by atoms with Gasteiger partial charge in [0, 0.05) is 17.4 Å². The van der Waals surface area contributed by atoms with Crippen molar-refractivity contribution in [2.45, 2.75) is 19.8 Å². The van der Waals surface area contributed by atoms with Crippen molar-refractivity contribution in [2.24, 2.45) is 0 Å². The van der Waals surface area contributed by atoms with Crippen LogP contribution in [-0.4, -0.2) is 4.40 Å². The lowest BCUT2D eigenvalue weighted by molar-refractivity contribution is 0.803. The van der Waals surface area contributed by atoms with Crippen molar-refractivity contribution in [2.75, 3.05) is 0 Å². The molecule has 2 heterocycles. The summed E-state index contributed by atoms with van der Waals surface area (Å²) in [6, 6.07) is 10.6. The van der Waals surface area contributed by atoms with E-state index in [1.54, 1.807) is 0 Å². The third-order valence-electron chi connectivity index (χ3n) is 2.18. The average molecular weight is 159 g/mol. The summed E-state index contributed by atoms with van der Waals surface area (Å²) in [6.07, 6.45) is 2.12. The second kappa shape index (κ2) is 2.67. The molecule has 1 nitrogen and oxygen atoms in total. The lowest BCUT2D eigenvalue weighted by Crippen LogP contribution is -1.96. The van der Waals surface area contributed by atoms with Crippen LogP contribution in [0, 0.1) is 0 Å². The van der Waals surface area contributed by atoms with Gasteiger partial charge in [-0.1, -0.05) is 19.9 Å². The highest BCUT2D eigenvalue weighted by molar-refractivity contribution is 5.48. The molecule has 0 saturated carbocycles. The van der Waals surface area contributed by atoms with Crippen molar-refractivity contribution in [1.29, 1.82) is 0 Å². The van der Waals surface area contributed by atoms with E-state index in [0.29, 0.717) is 5.92 Å². The first-order valence-corrected chi connectivity index (χ1v) is 4.35. The molecule has 12 heavy (non-hydrogen) atoms. The van der Waals surface area contributed by atoms with E-state index in [0.717, 1.165) is 0 Å². The number of pyridine rings is 1. The Hall–Kier alpha value is -1.24. The zero-order valence-corrected chi connectivity index (χ0v) is 7.49. The van der Waals surface area contributed by atoms with E-state index in [1.165, 1.54) is 11.2 Å². The fraction of sp³-hybridized carbons (Fsp3) is 0.273. The first kappa shape index (κ1) is 7.41. The van der Waals surface area contributed by atoms with E-state index < -0.39 is 0 Å². The molecule has 0 radical (unpaired) electrons. The van der Waals surface area contributed by atoms with Gasteiger partial charge < -0.3 is 4.40 Å². The highest BCUT2D eigenvalue weighted by Crippen LogP contribution is 2.16. The maximum Gasteiger partial charge on any atom is 0.0452 e. The van der Waals surface area contributed by atoms with Crippen LogP contribution in [-0.2, 0) is 0 Å². The summed E-state index contributed by atoms with van der Waals surface area (Å²) in [5.74, 6) is 0.584. The Bertz CT molecular complexity index is 385. The Balaban J connectivity index is 2.73. The minimum absolute atomic E-state index is 0.584. The average Bonchev–Trinajstić information content (AvgIpc) is 2.49. The highest BCUT2D eigenvalue weighted by Gasteiger charge is 2.02. The SMILES string of the molecule is CC(C)c1cccc2cccn12. The van der Waals surface area contributed by atoms with Crippen LogP contribution in [0.3, 0.4) is 0 Å². The zero-order valence-electron chi connectivity index (χ0n) is 7.49. The Morgan fingerprint density at radius 3 is 2.58 bits per heavy atom. The second-order valence-corrected chi connectivity index (χ2v) is 3.41. The molecule has 0 spiro atoms. The lowest BCUT2D eigenvalue weighted by Gasteiger charge is -2.08. The molecule has 0 aliphatic rings. The maximum absolute atomic E-state index is 2.24. The van der Waals surface area contributed by atoms with Crippen LogP contribution in [0.2, 0.25) is 0 Å². The first-order chi connectivity index (χ1) is 5.79. The summed E-state index contributed by atoms with van der Waals surface area (Å²) in [6.45, 7) is 4.43. The van der Waals surface area contributed by atoms with Crippen molar-refractivity contribution in [3.8, 4) is 0 Å². The van der Waals surface area contributed by atoms with Gasteiger partial charge >= 0.3 is 0 Å². The monoisotopic (exact) mass is 159 g/mol. The van der Waals surface area contributed by atoms with E-state index in [9.17, 15) is 0 Å². The van der Waals surface area contributed by atoms with Gasteiger partial charge in [-0.15, -0.1) is 0 Å². The summed E-state index contributed by atoms with van der Waals surface area (Å²) >= 11 is 0. The van der Waals surface area contributed by atoms with Crippen LogP contribution in [0.1, 0.15) is 25.5 Å². The van der Waals surface area contributed by atoms with Crippen LogP contribution in [0.4, 0.5) is 0 Å². The van der Waals surface area contributed by atoms with Gasteiger partial charge in [0.2, 0.25) is 0 Å². The zero-order chi connectivity index (χ0) is 8.55. The molecule has 2 aromatic rings. The molecular formula is C11H13N. The van der Waals surface area contributed by atoms with Gasteiger partial charge in [0.05, 0.1) is 0 Å². The summed E-state index contributed by atoms with van der Waals surface area (Å²) in [5, 5.41) is 0. The van der Waals surface area contributed by atoms with Gasteiger partial charge in [-0.25, -0.2) is 0 Å². The third kappa shape index (κ3) is 1.02. The summed E-state index contributed by atoms with van der Waals surface area (Å²) in [7, 11) is 0. The predicted octanol–water partition coefficient (Wildman–Crippen LogP) is 3.06. The Morgan fingerprint density at radius 2 is 1.83 bits per heavy atom. The van der Waals surface area contributed by atoms with E-state index in [4.69, 9.17) is 0 Å². The van der Waals surface area contributed by atoms with Crippen molar-refractivity contribution >= 4 is 5.52 Å². The molecule has 0 atom stereocenters. The minimum atomic E-state index is 0.584. The van der Waals surface area contributed by atoms with E-state index in [-0.39, 0.29) is 0 Å². The minimum Gasteiger partial charge on any atom is -0.321 e. The molecule has 0 unspecified atom stereocenters. The van der Waals surface area contributed by atoms with Gasteiger partial charge in [0.1, 0.15) is 0 Å². The third-order valence-corrected chi connectivity index (χ3v) is 2.18. The van der Waals surface area contributed by atoms with Gasteiger partial charge in [0.25, 0.3) is 0 Å². The highest BCUT2D eigenvalue weighted by atomic mass is 14.9. The molecule has 0 fully saturated rings. The van der Waals surface area contributed by atoms with Crippen LogP contribution in [0.5, 0.6) is 0 Å². The van der Waals surface area contributed by atoms with Crippen LogP contribution < -0.4 is 0 Å². The lowest BCUT2D eigenvalue weighted by atomic mass is 10.1. The molecule has 0 saturated heterocycles. The summed E-state index contributed by atoms with van der Waals surface area (Å²) in [5.41, 5.74) is 2.65. The molecule has 0 bridgehead atoms. The number of hydrogen-bond acceptors (Lipinski definition) is 0. The fourth-order valence-electron chi connectivity index (χ4n) is 1.56. The van der Waals surface area contributed by atoms with Crippen molar-refractivity contribution in [1.82, 2.24) is 4.40 Å². The van der Waals surface area contributed by atoms with E-state index in [1.807, 2.05) is 0 Å². The Morgan fingerprint density at radius 1 is 1.08 bits per heavy atom. The molecule has 0 amide bonds.